The van der Waals surface area contributed by atoms with E-state index in [4.69, 9.17) is 31.0 Å². The van der Waals surface area contributed by atoms with Crippen LogP contribution in [0.25, 0.3) is 0 Å². The number of phosphoric ester groups is 1. The first-order valence-electron chi connectivity index (χ1n) is 14.4. The molecule has 0 spiro atoms. The fraction of sp³-hybridized carbons (Fsp3) is 0.429. The summed E-state index contributed by atoms with van der Waals surface area (Å²) in [7, 11) is -3.64. The zero-order valence-electron chi connectivity index (χ0n) is 25.1. The van der Waals surface area contributed by atoms with Gasteiger partial charge in [0.15, 0.2) is 5.11 Å². The Morgan fingerprint density at radius 1 is 1.06 bits per heavy atom. The van der Waals surface area contributed by atoms with Crippen LogP contribution >= 0.6 is 20.0 Å². The number of imide groups is 1. The normalized spacial score (nSPS) is 21.8. The fourth-order valence-electron chi connectivity index (χ4n) is 4.92. The van der Waals surface area contributed by atoms with E-state index in [1.165, 1.54) is 18.3 Å². The number of carbonyl (C=O) groups is 3. The molecule has 0 aliphatic carbocycles. The third-order valence-electron chi connectivity index (χ3n) is 7.17. The van der Waals surface area contributed by atoms with Crippen LogP contribution in [0, 0.1) is 5.92 Å². The summed E-state index contributed by atoms with van der Waals surface area (Å²) in [6.07, 6.45) is -0.368. The molecule has 17 nitrogen and oxygen atoms in total. The van der Waals surface area contributed by atoms with Gasteiger partial charge in [0.25, 0.3) is 17.4 Å². The van der Waals surface area contributed by atoms with Crippen molar-refractivity contribution in [1.82, 2.24) is 25.1 Å². The van der Waals surface area contributed by atoms with Crippen molar-refractivity contribution in [3.05, 3.63) is 81.1 Å². The Bertz CT molecular complexity index is 1620. The van der Waals surface area contributed by atoms with Crippen LogP contribution in [0.15, 0.2) is 64.3 Å². The van der Waals surface area contributed by atoms with Crippen molar-refractivity contribution in [2.45, 2.75) is 37.9 Å². The number of phosphoric acid groups is 1. The number of hydrogen-bond acceptors (Lipinski definition) is 12. The maximum absolute atomic E-state index is 12.7. The highest BCUT2D eigenvalue weighted by Gasteiger charge is 2.49. The number of thiocarbonyl (C=S) groups is 1. The Morgan fingerprint density at radius 3 is 2.45 bits per heavy atom. The van der Waals surface area contributed by atoms with E-state index in [2.05, 4.69) is 20.1 Å². The SMILES string of the molecule is COP(=O)(O)OC1[C@@H](COC(=O)OCc2ccccc2)O[C@@H](n2ccc(=O)[nH]c2=O)[C@H]1CCCNC(=S)NCCN1C(=O)C=CC1=O. The smallest absolute Gasteiger partial charge is 0.431 e. The Hall–Kier alpha value is -4.19. The molecule has 2 aliphatic heterocycles. The number of ether oxygens (including phenoxy) is 3. The summed E-state index contributed by atoms with van der Waals surface area (Å²) in [6.45, 7) is 0.0851. The number of benzene rings is 1. The standard InChI is InChI=1S/C28H34N5O12PS/c1-41-46(39,40)45-24-19(8-5-12-29-26(47)30-13-15-32-22(35)9-10-23(32)36)25(33-14-11-21(34)31-27(33)37)44-20(24)17-43-28(38)42-16-18-6-3-2-4-7-18/h2-4,6-7,9-11,14,19-20,24-25H,5,8,12-13,15-17H2,1H3,(H,39,40)(H2,29,30,47)(H,31,34,37)/t19-,20+,24?,25+/m0/s1. The molecular formula is C28H34N5O12PS. The lowest BCUT2D eigenvalue weighted by atomic mass is 9.94. The van der Waals surface area contributed by atoms with Gasteiger partial charge in [0.2, 0.25) is 0 Å². The van der Waals surface area contributed by atoms with E-state index >= 15 is 0 Å². The monoisotopic (exact) mass is 695 g/mol. The zero-order valence-corrected chi connectivity index (χ0v) is 26.9. The predicted octanol–water partition coefficient (Wildman–Crippen LogP) is 0.705. The summed E-state index contributed by atoms with van der Waals surface area (Å²) in [5.74, 6) is -1.61. The van der Waals surface area contributed by atoms with Crippen LogP contribution in [0.5, 0.6) is 0 Å². The molecule has 0 radical (unpaired) electrons. The maximum atomic E-state index is 12.7. The van der Waals surface area contributed by atoms with Crippen molar-refractivity contribution in [3.8, 4) is 0 Å². The topological polar surface area (TPSA) is 217 Å². The second-order valence-electron chi connectivity index (χ2n) is 10.3. The molecule has 1 fully saturated rings. The van der Waals surface area contributed by atoms with Crippen LogP contribution in [0.3, 0.4) is 0 Å². The molecule has 2 aliphatic rings. The Labute approximate surface area is 273 Å². The van der Waals surface area contributed by atoms with Crippen molar-refractivity contribution in [2.75, 3.05) is 33.4 Å². The van der Waals surface area contributed by atoms with Crippen molar-refractivity contribution in [3.63, 3.8) is 0 Å². The molecule has 3 heterocycles. The minimum absolute atomic E-state index is 0.0614. The summed E-state index contributed by atoms with van der Waals surface area (Å²) in [4.78, 5) is 73.6. The molecule has 47 heavy (non-hydrogen) atoms. The molecule has 0 bridgehead atoms. The molecule has 254 valence electrons. The molecule has 2 aromatic rings. The van der Waals surface area contributed by atoms with E-state index < -0.39 is 68.0 Å². The average molecular weight is 696 g/mol. The van der Waals surface area contributed by atoms with E-state index in [0.29, 0.717) is 13.0 Å². The molecule has 1 aromatic heterocycles. The Morgan fingerprint density at radius 2 is 1.77 bits per heavy atom. The van der Waals surface area contributed by atoms with Crippen molar-refractivity contribution >= 4 is 43.1 Å². The number of aromatic amines is 1. The molecule has 0 saturated carbocycles. The highest BCUT2D eigenvalue weighted by molar-refractivity contribution is 7.80. The van der Waals surface area contributed by atoms with Gasteiger partial charge in [0.1, 0.15) is 31.6 Å². The van der Waals surface area contributed by atoms with Crippen molar-refractivity contribution in [1.29, 1.82) is 0 Å². The summed E-state index contributed by atoms with van der Waals surface area (Å²) in [5.41, 5.74) is -0.726. The third kappa shape index (κ3) is 10.1. The second-order valence-corrected chi connectivity index (χ2v) is 12.2. The first kappa shape index (κ1) is 35.7. The van der Waals surface area contributed by atoms with Crippen LogP contribution in [0.2, 0.25) is 0 Å². The molecule has 1 saturated heterocycles. The molecule has 5 atom stereocenters. The number of rotatable bonds is 15. The molecule has 4 N–H and O–H groups in total. The van der Waals surface area contributed by atoms with E-state index in [9.17, 15) is 33.4 Å². The lowest BCUT2D eigenvalue weighted by Gasteiger charge is -2.26. The summed E-state index contributed by atoms with van der Waals surface area (Å²) < 4.78 is 40.2. The van der Waals surface area contributed by atoms with Gasteiger partial charge in [0, 0.05) is 57.1 Å². The van der Waals surface area contributed by atoms with E-state index in [0.717, 1.165) is 28.2 Å². The summed E-state index contributed by atoms with van der Waals surface area (Å²) in [5, 5.41) is 6.14. The lowest BCUT2D eigenvalue weighted by molar-refractivity contribution is -0.136. The van der Waals surface area contributed by atoms with Gasteiger partial charge in [-0.1, -0.05) is 30.3 Å². The van der Waals surface area contributed by atoms with Gasteiger partial charge < -0.3 is 29.7 Å². The first-order chi connectivity index (χ1) is 22.5. The number of H-pyrrole nitrogens is 1. The Balaban J connectivity index is 1.41. The number of nitrogens with zero attached hydrogens (tertiary/aromatic N) is 2. The van der Waals surface area contributed by atoms with Gasteiger partial charge in [0.05, 0.1) is 0 Å². The molecule has 1 aromatic carbocycles. The first-order valence-corrected chi connectivity index (χ1v) is 16.3. The lowest BCUT2D eigenvalue weighted by Crippen LogP contribution is -2.42. The minimum Gasteiger partial charge on any atom is -0.431 e. The molecule has 2 amide bonds. The van der Waals surface area contributed by atoms with Gasteiger partial charge in [-0.25, -0.2) is 14.2 Å². The van der Waals surface area contributed by atoms with Crippen molar-refractivity contribution < 1.29 is 47.1 Å². The van der Waals surface area contributed by atoms with Crippen LogP contribution in [0.1, 0.15) is 24.6 Å². The number of carbonyl (C=O) groups excluding carboxylic acids is 3. The zero-order chi connectivity index (χ0) is 34.0. The van der Waals surface area contributed by atoms with Crippen LogP contribution in [0.4, 0.5) is 4.79 Å². The van der Waals surface area contributed by atoms with E-state index in [-0.39, 0.29) is 31.2 Å². The summed E-state index contributed by atoms with van der Waals surface area (Å²) >= 11 is 5.27. The minimum atomic E-state index is -4.62. The number of amides is 2. The van der Waals surface area contributed by atoms with Gasteiger partial charge >= 0.3 is 19.7 Å². The number of nitrogens with one attached hydrogen (secondary N) is 3. The highest BCUT2D eigenvalue weighted by Crippen LogP contribution is 2.50. The fourth-order valence-corrected chi connectivity index (χ4v) is 5.81. The van der Waals surface area contributed by atoms with Gasteiger partial charge in [-0.2, -0.15) is 0 Å². The Kier molecular flexibility index (Phi) is 12.6. The molecule has 4 rings (SSSR count). The van der Waals surface area contributed by atoms with Crippen LogP contribution in [-0.4, -0.2) is 88.0 Å². The van der Waals surface area contributed by atoms with Crippen LogP contribution < -0.4 is 21.9 Å². The van der Waals surface area contributed by atoms with Gasteiger partial charge in [-0.05, 0) is 30.6 Å². The number of aromatic nitrogens is 2. The maximum Gasteiger partial charge on any atom is 0.508 e. The van der Waals surface area contributed by atoms with E-state index in [1.54, 1.807) is 24.3 Å². The third-order valence-corrected chi connectivity index (χ3v) is 8.43. The molecular weight excluding hydrogens is 661 g/mol. The second kappa shape index (κ2) is 16.6. The summed E-state index contributed by atoms with van der Waals surface area (Å²) in [6, 6.07) is 9.99. The predicted molar refractivity (Wildman–Crippen MR) is 167 cm³/mol. The van der Waals surface area contributed by atoms with E-state index in [1.807, 2.05) is 6.07 Å². The quantitative estimate of drug-likeness (QED) is 0.0663. The van der Waals surface area contributed by atoms with Gasteiger partial charge in [-0.15, -0.1) is 0 Å². The highest BCUT2D eigenvalue weighted by atomic mass is 32.1. The van der Waals surface area contributed by atoms with Crippen LogP contribution in [-0.2, 0) is 44.0 Å². The molecule has 2 unspecified atom stereocenters. The van der Waals surface area contributed by atoms with Gasteiger partial charge in [-0.3, -0.25) is 37.9 Å². The van der Waals surface area contributed by atoms with Crippen molar-refractivity contribution in [2.24, 2.45) is 5.92 Å². The number of hydrogen-bond donors (Lipinski definition) is 4. The average Bonchev–Trinajstić information content (AvgIpc) is 3.54. The largest absolute Gasteiger partial charge is 0.508 e. The molecule has 19 heteroatoms.